The van der Waals surface area contributed by atoms with Crippen LogP contribution in [0.1, 0.15) is 32.1 Å². The molecular weight excluding hydrogens is 223 g/mol. The maximum atomic E-state index is 2.00. The average Bonchev–Trinajstić information content (AvgIpc) is 2.62. The standard InChI is InChI=1S/C6H10.C5H5.Zr/c1-2-4-6-5-3-1;1-2-4-5-3-1;/h1-5H2;1-5H;/q;-1;. The molecule has 1 aromatic rings. The quantitative estimate of drug-likeness (QED) is 0.609. The second-order valence-corrected chi connectivity index (χ2v) is 4.86. The zero-order valence-electron chi connectivity index (χ0n) is 7.42. The first kappa shape index (κ1) is 10.2. The van der Waals surface area contributed by atoms with Gasteiger partial charge in [0.1, 0.15) is 0 Å². The number of rotatable bonds is 0. The van der Waals surface area contributed by atoms with Crippen LogP contribution in [-0.2, 0) is 24.2 Å². The van der Waals surface area contributed by atoms with Crippen LogP contribution in [0.5, 0.6) is 0 Å². The molecule has 0 radical (unpaired) electrons. The Morgan fingerprint density at radius 1 is 1.00 bits per heavy atom. The summed E-state index contributed by atoms with van der Waals surface area (Å²) in [5.41, 5.74) is 0. The minimum Gasteiger partial charge on any atom is -0.214 e. The second-order valence-electron chi connectivity index (χ2n) is 3.13. The Morgan fingerprint density at radius 2 is 1.58 bits per heavy atom. The van der Waals surface area contributed by atoms with Crippen molar-refractivity contribution in [2.24, 2.45) is 0 Å². The summed E-state index contributed by atoms with van der Waals surface area (Å²) in [7, 11) is 0. The van der Waals surface area contributed by atoms with Crippen LogP contribution in [0.25, 0.3) is 0 Å². The van der Waals surface area contributed by atoms with Crippen molar-refractivity contribution < 1.29 is 24.2 Å². The molecule has 0 unspecified atom stereocenters. The predicted octanol–water partition coefficient (Wildman–Crippen LogP) is 3.08. The molecule has 1 aliphatic carbocycles. The summed E-state index contributed by atoms with van der Waals surface area (Å²) in [6.07, 6.45) is 7.32. The first-order valence-electron chi connectivity index (χ1n) is 4.62. The van der Waals surface area contributed by atoms with Gasteiger partial charge in [0.05, 0.1) is 0 Å². The van der Waals surface area contributed by atoms with E-state index in [1.807, 2.05) is 30.3 Å². The Hall–Kier alpha value is 0.103. The van der Waals surface area contributed by atoms with Gasteiger partial charge in [0.25, 0.3) is 0 Å². The maximum absolute atomic E-state index is 2.00. The van der Waals surface area contributed by atoms with E-state index in [0.717, 1.165) is 0 Å². The molecule has 0 nitrogen and oxygen atoms in total. The van der Waals surface area contributed by atoms with Crippen molar-refractivity contribution in [3.8, 4) is 0 Å². The van der Waals surface area contributed by atoms with E-state index >= 15 is 0 Å². The Balaban J connectivity index is 0.000000127. The van der Waals surface area contributed by atoms with E-state index in [1.54, 1.807) is 27.4 Å². The van der Waals surface area contributed by atoms with Gasteiger partial charge in [0.2, 0.25) is 0 Å². The molecule has 0 atom stereocenters. The number of hydrogen-bond acceptors (Lipinski definition) is 0. The van der Waals surface area contributed by atoms with Gasteiger partial charge in [-0.25, -0.2) is 12.1 Å². The third-order valence-electron chi connectivity index (χ3n) is 2.01. The van der Waals surface area contributed by atoms with Gasteiger partial charge in [-0.1, -0.05) is 0 Å². The van der Waals surface area contributed by atoms with E-state index in [2.05, 4.69) is 0 Å². The van der Waals surface area contributed by atoms with Gasteiger partial charge < -0.3 is 0 Å². The molecule has 1 aliphatic rings. The minimum atomic E-state index is 1.44. The van der Waals surface area contributed by atoms with E-state index in [0.29, 0.717) is 0 Å². The number of hydrogen-bond donors (Lipinski definition) is 0. The van der Waals surface area contributed by atoms with Crippen molar-refractivity contribution in [2.45, 2.75) is 32.1 Å². The molecule has 1 fully saturated rings. The van der Waals surface area contributed by atoms with Gasteiger partial charge in [0.15, 0.2) is 0 Å². The van der Waals surface area contributed by atoms with Gasteiger partial charge in [-0.15, -0.1) is 0 Å². The van der Waals surface area contributed by atoms with Crippen molar-refractivity contribution in [2.75, 3.05) is 0 Å². The molecule has 1 heteroatoms. The summed E-state index contributed by atoms with van der Waals surface area (Å²) in [5.74, 6) is 0. The third kappa shape index (κ3) is 4.88. The normalized spacial score (nSPS) is 16.4. The van der Waals surface area contributed by atoms with Gasteiger partial charge >= 0.3 is 59.5 Å². The van der Waals surface area contributed by atoms with Crippen molar-refractivity contribution in [1.29, 1.82) is 0 Å². The fraction of sp³-hybridized carbons (Fsp3) is 0.455. The molecular formula is C11H15Zr-. The van der Waals surface area contributed by atoms with Crippen LogP contribution < -0.4 is 0 Å². The molecule has 2 rings (SSSR count). The molecule has 1 saturated carbocycles. The van der Waals surface area contributed by atoms with Crippen LogP contribution >= 0.6 is 0 Å². The van der Waals surface area contributed by atoms with Crippen molar-refractivity contribution >= 4 is 3.21 Å². The smallest absolute Gasteiger partial charge is 0.172 e. The summed E-state index contributed by atoms with van der Waals surface area (Å²) in [6.45, 7) is 0. The Labute approximate surface area is 89.7 Å². The molecule has 0 N–H and O–H groups in total. The Morgan fingerprint density at radius 3 is 1.83 bits per heavy atom. The Bertz CT molecular complexity index is 174. The van der Waals surface area contributed by atoms with Crippen molar-refractivity contribution in [1.82, 2.24) is 0 Å². The topological polar surface area (TPSA) is 0 Å². The summed E-state index contributed by atoms with van der Waals surface area (Å²) in [5, 5.41) is 0. The van der Waals surface area contributed by atoms with Gasteiger partial charge in [-0.3, -0.25) is 0 Å². The van der Waals surface area contributed by atoms with E-state index in [-0.39, 0.29) is 0 Å². The molecule has 0 heterocycles. The molecule has 1 aromatic carbocycles. The fourth-order valence-electron chi connectivity index (χ4n) is 1.30. The first-order valence-corrected chi connectivity index (χ1v) is 5.85. The van der Waals surface area contributed by atoms with Gasteiger partial charge in [-0.2, -0.15) is 18.2 Å². The molecule has 0 aromatic heterocycles. The Kier molecular flexibility index (Phi) is 5.60. The zero-order chi connectivity index (χ0) is 8.65. The zero-order valence-corrected chi connectivity index (χ0v) is 9.88. The SMILES string of the molecule is [Zr]=[C]1CCCCC1.c1cc[cH-]c1. The minimum absolute atomic E-state index is 1.44. The second kappa shape index (κ2) is 6.60. The van der Waals surface area contributed by atoms with Gasteiger partial charge in [0, 0.05) is 0 Å². The summed E-state index contributed by atoms with van der Waals surface area (Å²) in [6, 6.07) is 10.0. The maximum Gasteiger partial charge on any atom is -0.172 e. The molecule has 0 spiro atoms. The predicted molar refractivity (Wildman–Crippen MR) is 50.1 cm³/mol. The van der Waals surface area contributed by atoms with Crippen molar-refractivity contribution in [3.63, 3.8) is 0 Å². The summed E-state index contributed by atoms with van der Waals surface area (Å²) >= 11 is 1.69. The molecule has 0 saturated heterocycles. The summed E-state index contributed by atoms with van der Waals surface area (Å²) < 4.78 is 1.80. The van der Waals surface area contributed by atoms with E-state index in [1.165, 1.54) is 32.1 Å². The van der Waals surface area contributed by atoms with Crippen LogP contribution in [0, 0.1) is 0 Å². The van der Waals surface area contributed by atoms with Crippen LogP contribution in [-0.4, -0.2) is 3.21 Å². The monoisotopic (exact) mass is 237 g/mol. The van der Waals surface area contributed by atoms with Crippen LogP contribution in [0.15, 0.2) is 30.3 Å². The largest absolute Gasteiger partial charge is 0.214 e. The molecule has 0 aliphatic heterocycles. The fourth-order valence-corrected chi connectivity index (χ4v) is 2.17. The molecule has 12 heavy (non-hydrogen) atoms. The molecule has 0 bridgehead atoms. The van der Waals surface area contributed by atoms with E-state index < -0.39 is 0 Å². The van der Waals surface area contributed by atoms with Crippen LogP contribution in [0.4, 0.5) is 0 Å². The van der Waals surface area contributed by atoms with Crippen LogP contribution in [0.2, 0.25) is 0 Å². The molecule has 64 valence electrons. The molecule has 0 amide bonds. The average molecular weight is 238 g/mol. The third-order valence-corrected chi connectivity index (χ3v) is 3.24. The summed E-state index contributed by atoms with van der Waals surface area (Å²) in [4.78, 5) is 0. The van der Waals surface area contributed by atoms with E-state index in [9.17, 15) is 0 Å². The van der Waals surface area contributed by atoms with Crippen molar-refractivity contribution in [3.05, 3.63) is 30.3 Å². The van der Waals surface area contributed by atoms with Crippen LogP contribution in [0.3, 0.4) is 0 Å². The first-order chi connectivity index (χ1) is 5.89. The van der Waals surface area contributed by atoms with E-state index in [4.69, 9.17) is 0 Å². The van der Waals surface area contributed by atoms with Gasteiger partial charge in [-0.05, 0) is 0 Å².